The van der Waals surface area contributed by atoms with E-state index >= 15 is 0 Å². The number of anilines is 1. The molecule has 3 aromatic rings. The maximum absolute atomic E-state index is 14.1. The van der Waals surface area contributed by atoms with Gasteiger partial charge in [0.25, 0.3) is 0 Å². The number of carbonyl (C=O) groups is 2. The topological polar surface area (TPSA) is 86.8 Å². The highest BCUT2D eigenvalue weighted by Gasteiger charge is 2.33. The van der Waals surface area contributed by atoms with E-state index in [9.17, 15) is 18.0 Å². The molecule has 0 aliphatic heterocycles. The molecule has 0 aliphatic carbocycles. The van der Waals surface area contributed by atoms with Crippen LogP contribution in [-0.4, -0.2) is 50.0 Å². The number of hydrogen-bond donors (Lipinski definition) is 1. The maximum atomic E-state index is 14.1. The van der Waals surface area contributed by atoms with Crippen LogP contribution in [0.2, 0.25) is 10.0 Å². The summed E-state index contributed by atoms with van der Waals surface area (Å²) < 4.78 is 26.7. The van der Waals surface area contributed by atoms with E-state index in [1.807, 2.05) is 75.4 Å². The monoisotopic (exact) mass is 603 g/mol. The average Bonchev–Trinajstić information content (AvgIpc) is 2.89. The smallest absolute Gasteiger partial charge is 0.244 e. The van der Waals surface area contributed by atoms with Crippen LogP contribution >= 0.6 is 23.2 Å². The number of aryl methyl sites for hydroxylation is 1. The Kier molecular flexibility index (Phi) is 11.0. The molecule has 0 fully saturated rings. The molecule has 0 unspecified atom stereocenters. The van der Waals surface area contributed by atoms with E-state index in [1.54, 1.807) is 0 Å². The standard InChI is InChI=1S/C30H35Cl2N3O4S/c1-5-22(3)33-30(37)28(17-23-11-7-6-8-12-23)34(19-24-13-9-10-21(2)16-24)29(36)20-35(40(4,38)39)27-15-14-25(31)18-26(27)32/h6-16,18,22,28H,5,17,19-20H2,1-4H3,(H,33,37)/t22-,28-/m0/s1. The lowest BCUT2D eigenvalue weighted by Crippen LogP contribution is -2.54. The molecule has 10 heteroatoms. The summed E-state index contributed by atoms with van der Waals surface area (Å²) in [6.07, 6.45) is 1.97. The van der Waals surface area contributed by atoms with Crippen LogP contribution < -0.4 is 9.62 Å². The minimum Gasteiger partial charge on any atom is -0.352 e. The zero-order valence-electron chi connectivity index (χ0n) is 23.1. The minimum absolute atomic E-state index is 0.0892. The van der Waals surface area contributed by atoms with E-state index in [0.29, 0.717) is 11.4 Å². The van der Waals surface area contributed by atoms with Crippen LogP contribution in [-0.2, 0) is 32.6 Å². The van der Waals surface area contributed by atoms with Crippen LogP contribution in [0, 0.1) is 6.92 Å². The third kappa shape index (κ3) is 8.71. The number of benzene rings is 3. The predicted octanol–water partition coefficient (Wildman–Crippen LogP) is 5.62. The molecule has 0 spiro atoms. The van der Waals surface area contributed by atoms with Crippen LogP contribution in [0.15, 0.2) is 72.8 Å². The Morgan fingerprint density at radius 3 is 2.23 bits per heavy atom. The van der Waals surface area contributed by atoms with Crippen molar-refractivity contribution in [3.63, 3.8) is 0 Å². The Morgan fingerprint density at radius 2 is 1.62 bits per heavy atom. The van der Waals surface area contributed by atoms with Gasteiger partial charge in [-0.1, -0.05) is 90.3 Å². The van der Waals surface area contributed by atoms with Crippen molar-refractivity contribution in [3.05, 3.63) is 99.5 Å². The van der Waals surface area contributed by atoms with Crippen molar-refractivity contribution >= 4 is 50.7 Å². The van der Waals surface area contributed by atoms with Crippen molar-refractivity contribution in [2.75, 3.05) is 17.1 Å². The summed E-state index contributed by atoms with van der Waals surface area (Å²) in [5, 5.41) is 3.43. The second-order valence-corrected chi connectivity index (χ2v) is 12.6. The van der Waals surface area contributed by atoms with Crippen molar-refractivity contribution in [1.82, 2.24) is 10.2 Å². The van der Waals surface area contributed by atoms with Gasteiger partial charge in [0.2, 0.25) is 21.8 Å². The number of amides is 2. The molecular weight excluding hydrogens is 569 g/mol. The Labute approximate surface area is 247 Å². The molecule has 0 saturated carbocycles. The van der Waals surface area contributed by atoms with E-state index in [1.165, 1.54) is 23.1 Å². The van der Waals surface area contributed by atoms with Crippen molar-refractivity contribution < 1.29 is 18.0 Å². The van der Waals surface area contributed by atoms with Gasteiger partial charge in [-0.3, -0.25) is 13.9 Å². The Hall–Kier alpha value is -3.07. The molecule has 40 heavy (non-hydrogen) atoms. The minimum atomic E-state index is -3.93. The number of rotatable bonds is 12. The molecule has 0 saturated heterocycles. The van der Waals surface area contributed by atoms with Gasteiger partial charge < -0.3 is 10.2 Å². The lowest BCUT2D eigenvalue weighted by atomic mass is 10.0. The van der Waals surface area contributed by atoms with Crippen LogP contribution in [0.3, 0.4) is 0 Å². The van der Waals surface area contributed by atoms with Crippen LogP contribution in [0.4, 0.5) is 5.69 Å². The summed E-state index contributed by atoms with van der Waals surface area (Å²) in [5.41, 5.74) is 2.81. The van der Waals surface area contributed by atoms with Gasteiger partial charge in [0, 0.05) is 24.0 Å². The van der Waals surface area contributed by atoms with Crippen LogP contribution in [0.1, 0.15) is 37.0 Å². The average molecular weight is 605 g/mol. The van der Waals surface area contributed by atoms with Gasteiger partial charge in [-0.15, -0.1) is 0 Å². The lowest BCUT2D eigenvalue weighted by molar-refractivity contribution is -0.140. The molecule has 2 amide bonds. The van der Waals surface area contributed by atoms with Gasteiger partial charge in [-0.05, 0) is 49.6 Å². The summed E-state index contributed by atoms with van der Waals surface area (Å²) in [6.45, 7) is 5.37. The first-order valence-corrected chi connectivity index (χ1v) is 15.6. The second kappa shape index (κ2) is 14.0. The number of nitrogens with zero attached hydrogens (tertiary/aromatic N) is 2. The Bertz CT molecular complexity index is 1430. The van der Waals surface area contributed by atoms with Gasteiger partial charge in [0.15, 0.2) is 0 Å². The summed E-state index contributed by atoms with van der Waals surface area (Å²) in [5.74, 6) is -0.854. The van der Waals surface area contributed by atoms with Crippen LogP contribution in [0.25, 0.3) is 0 Å². The Balaban J connectivity index is 2.08. The largest absolute Gasteiger partial charge is 0.352 e. The van der Waals surface area contributed by atoms with Crippen molar-refractivity contribution in [2.24, 2.45) is 0 Å². The molecule has 1 N–H and O–H groups in total. The van der Waals surface area contributed by atoms with Crippen molar-refractivity contribution in [1.29, 1.82) is 0 Å². The number of halogens is 2. The number of sulfonamides is 1. The van der Waals surface area contributed by atoms with Gasteiger partial charge >= 0.3 is 0 Å². The zero-order valence-corrected chi connectivity index (χ0v) is 25.4. The van der Waals surface area contributed by atoms with Gasteiger partial charge in [0.1, 0.15) is 12.6 Å². The number of nitrogens with one attached hydrogen (secondary N) is 1. The third-order valence-corrected chi connectivity index (χ3v) is 8.23. The SMILES string of the molecule is CC[C@H](C)NC(=O)[C@H](Cc1ccccc1)N(Cc1cccc(C)c1)C(=O)CN(c1ccc(Cl)cc1Cl)S(C)(=O)=O. The lowest BCUT2D eigenvalue weighted by Gasteiger charge is -2.34. The van der Waals surface area contributed by atoms with Gasteiger partial charge in [-0.25, -0.2) is 8.42 Å². The highest BCUT2D eigenvalue weighted by atomic mass is 35.5. The third-order valence-electron chi connectivity index (χ3n) is 6.57. The predicted molar refractivity (Wildman–Crippen MR) is 162 cm³/mol. The molecule has 0 radical (unpaired) electrons. The maximum Gasteiger partial charge on any atom is 0.244 e. The fraction of sp³-hybridized carbons (Fsp3) is 0.333. The van der Waals surface area contributed by atoms with Crippen molar-refractivity contribution in [3.8, 4) is 0 Å². The molecule has 3 rings (SSSR count). The molecule has 0 bridgehead atoms. The zero-order chi connectivity index (χ0) is 29.4. The molecule has 0 heterocycles. The summed E-state index contributed by atoms with van der Waals surface area (Å²) in [4.78, 5) is 29.3. The van der Waals surface area contributed by atoms with Gasteiger partial charge in [-0.2, -0.15) is 0 Å². The summed E-state index contributed by atoms with van der Waals surface area (Å²) in [7, 11) is -3.93. The number of carbonyl (C=O) groups excluding carboxylic acids is 2. The first-order chi connectivity index (χ1) is 18.9. The fourth-order valence-electron chi connectivity index (χ4n) is 4.28. The number of hydrogen-bond acceptors (Lipinski definition) is 4. The quantitative estimate of drug-likeness (QED) is 0.291. The first-order valence-electron chi connectivity index (χ1n) is 13.0. The summed E-state index contributed by atoms with van der Waals surface area (Å²) >= 11 is 12.4. The first kappa shape index (κ1) is 31.5. The van der Waals surface area contributed by atoms with E-state index in [-0.39, 0.29) is 35.6 Å². The summed E-state index contributed by atoms with van der Waals surface area (Å²) in [6, 6.07) is 20.5. The molecule has 0 aromatic heterocycles. The highest BCUT2D eigenvalue weighted by Crippen LogP contribution is 2.30. The molecule has 214 valence electrons. The van der Waals surface area contributed by atoms with Crippen molar-refractivity contribution in [2.45, 2.75) is 52.2 Å². The van der Waals surface area contributed by atoms with E-state index < -0.39 is 28.5 Å². The Morgan fingerprint density at radius 1 is 0.950 bits per heavy atom. The van der Waals surface area contributed by atoms with Crippen LogP contribution in [0.5, 0.6) is 0 Å². The van der Waals surface area contributed by atoms with E-state index in [0.717, 1.165) is 27.3 Å². The molecule has 0 aliphatic rings. The molecule has 7 nitrogen and oxygen atoms in total. The van der Waals surface area contributed by atoms with E-state index in [4.69, 9.17) is 23.2 Å². The molecule has 2 atom stereocenters. The highest BCUT2D eigenvalue weighted by molar-refractivity contribution is 7.92. The fourth-order valence-corrected chi connectivity index (χ4v) is 5.70. The second-order valence-electron chi connectivity index (χ2n) is 9.90. The molecule has 3 aromatic carbocycles. The van der Waals surface area contributed by atoms with Gasteiger partial charge in [0.05, 0.1) is 17.0 Å². The normalized spacial score (nSPS) is 12.8. The van der Waals surface area contributed by atoms with E-state index in [2.05, 4.69) is 5.32 Å². The molecular formula is C30H35Cl2N3O4S.